The SMILES string of the molecule is CCCN(CCC)C(=O)c1cccc(C(=O)NC(Cc2ccccc2)P(=O)(O)CCC(=O)Nc2ccc(O)cc2)c1. The van der Waals surface area contributed by atoms with Crippen LogP contribution in [0.15, 0.2) is 78.9 Å². The van der Waals surface area contributed by atoms with Gasteiger partial charge in [-0.3, -0.25) is 18.9 Å². The molecule has 2 atom stereocenters. The second-order valence-electron chi connectivity index (χ2n) is 9.88. The van der Waals surface area contributed by atoms with E-state index in [1.165, 1.54) is 30.3 Å². The molecule has 41 heavy (non-hydrogen) atoms. The monoisotopic (exact) mass is 579 g/mol. The van der Waals surface area contributed by atoms with Gasteiger partial charge in [-0.2, -0.15) is 0 Å². The van der Waals surface area contributed by atoms with Crippen molar-refractivity contribution in [3.63, 3.8) is 0 Å². The molecule has 0 radical (unpaired) electrons. The van der Waals surface area contributed by atoms with Crippen LogP contribution in [0.3, 0.4) is 0 Å². The molecule has 0 heterocycles. The molecule has 0 saturated carbocycles. The number of amides is 3. The Morgan fingerprint density at radius 1 is 0.878 bits per heavy atom. The second kappa shape index (κ2) is 15.2. The summed E-state index contributed by atoms with van der Waals surface area (Å²) in [5, 5.41) is 14.8. The number of benzene rings is 3. The molecule has 0 saturated heterocycles. The predicted octanol–water partition coefficient (Wildman–Crippen LogP) is 5.25. The Labute approximate surface area is 241 Å². The Morgan fingerprint density at radius 2 is 1.51 bits per heavy atom. The van der Waals surface area contributed by atoms with Crippen LogP contribution in [0.25, 0.3) is 0 Å². The van der Waals surface area contributed by atoms with E-state index in [-0.39, 0.29) is 36.2 Å². The highest BCUT2D eigenvalue weighted by atomic mass is 31.2. The first-order valence-electron chi connectivity index (χ1n) is 13.8. The molecule has 3 aromatic rings. The molecular formula is C31H38N3O6P. The van der Waals surface area contributed by atoms with Crippen molar-refractivity contribution in [2.24, 2.45) is 0 Å². The first-order chi connectivity index (χ1) is 19.6. The van der Waals surface area contributed by atoms with Crippen molar-refractivity contribution in [3.05, 3.63) is 95.6 Å². The number of anilines is 1. The first-order valence-corrected chi connectivity index (χ1v) is 15.7. The normalized spacial score (nSPS) is 13.0. The van der Waals surface area contributed by atoms with Gasteiger partial charge in [0, 0.05) is 48.9 Å². The van der Waals surface area contributed by atoms with E-state index >= 15 is 0 Å². The third-order valence-corrected chi connectivity index (χ3v) is 8.66. The van der Waals surface area contributed by atoms with Gasteiger partial charge in [0.25, 0.3) is 11.8 Å². The molecule has 3 rings (SSSR count). The number of carbonyl (C=O) groups is 3. The van der Waals surface area contributed by atoms with E-state index in [1.807, 2.05) is 19.9 Å². The topological polar surface area (TPSA) is 136 Å². The molecular weight excluding hydrogens is 541 g/mol. The van der Waals surface area contributed by atoms with Crippen LogP contribution >= 0.6 is 7.37 Å². The van der Waals surface area contributed by atoms with E-state index in [0.29, 0.717) is 24.3 Å². The molecule has 0 spiro atoms. The van der Waals surface area contributed by atoms with Gasteiger partial charge in [-0.05, 0) is 60.9 Å². The lowest BCUT2D eigenvalue weighted by Gasteiger charge is -2.25. The standard InChI is InChI=1S/C31H38N3O6P/c1-3-18-34(19-4-2)31(38)25-12-8-11-24(22-25)30(37)33-29(21-23-9-6-5-7-10-23)41(39,40)20-17-28(36)32-26-13-15-27(35)16-14-26/h5-16,22,29,35H,3-4,17-21H2,1-2H3,(H,32,36)(H,33,37)(H,39,40). The molecule has 10 heteroatoms. The number of phenols is 1. The van der Waals surface area contributed by atoms with E-state index in [4.69, 9.17) is 0 Å². The highest BCUT2D eigenvalue weighted by molar-refractivity contribution is 7.58. The van der Waals surface area contributed by atoms with Crippen LogP contribution in [0.4, 0.5) is 5.69 Å². The number of hydrogen-bond donors (Lipinski definition) is 4. The average molecular weight is 580 g/mol. The Morgan fingerprint density at radius 3 is 2.15 bits per heavy atom. The van der Waals surface area contributed by atoms with E-state index in [1.54, 1.807) is 47.4 Å². The zero-order valence-electron chi connectivity index (χ0n) is 23.5. The predicted molar refractivity (Wildman–Crippen MR) is 160 cm³/mol. The lowest BCUT2D eigenvalue weighted by molar-refractivity contribution is -0.115. The van der Waals surface area contributed by atoms with Gasteiger partial charge in [-0.15, -0.1) is 0 Å². The van der Waals surface area contributed by atoms with Crippen molar-refractivity contribution < 1.29 is 28.9 Å². The summed E-state index contributed by atoms with van der Waals surface area (Å²) < 4.78 is 13.6. The summed E-state index contributed by atoms with van der Waals surface area (Å²) in [6.07, 6.45) is 1.11. The summed E-state index contributed by atoms with van der Waals surface area (Å²) in [6, 6.07) is 21.2. The Kier molecular flexibility index (Phi) is 11.7. The number of nitrogens with one attached hydrogen (secondary N) is 2. The van der Waals surface area contributed by atoms with Crippen LogP contribution in [0.5, 0.6) is 5.75 Å². The molecule has 0 aliphatic carbocycles. The minimum Gasteiger partial charge on any atom is -0.508 e. The lowest BCUT2D eigenvalue weighted by Crippen LogP contribution is -2.37. The number of carbonyl (C=O) groups excluding carboxylic acids is 3. The minimum atomic E-state index is -4.08. The Hall–Kier alpha value is -3.94. The molecule has 2 unspecified atom stereocenters. The van der Waals surface area contributed by atoms with Crippen LogP contribution in [0, 0.1) is 0 Å². The van der Waals surface area contributed by atoms with Crippen molar-refractivity contribution in [1.29, 1.82) is 0 Å². The molecule has 218 valence electrons. The van der Waals surface area contributed by atoms with Gasteiger partial charge in [0.2, 0.25) is 13.3 Å². The van der Waals surface area contributed by atoms with Crippen molar-refractivity contribution >= 4 is 30.8 Å². The lowest BCUT2D eigenvalue weighted by atomic mass is 10.1. The largest absolute Gasteiger partial charge is 0.508 e. The van der Waals surface area contributed by atoms with E-state index in [0.717, 1.165) is 18.4 Å². The molecule has 0 aliphatic heterocycles. The van der Waals surface area contributed by atoms with E-state index in [9.17, 15) is 28.9 Å². The molecule has 0 bridgehead atoms. The molecule has 0 fully saturated rings. The maximum atomic E-state index is 13.6. The Bertz CT molecular complexity index is 1360. The third-order valence-electron chi connectivity index (χ3n) is 6.51. The van der Waals surface area contributed by atoms with Crippen LogP contribution in [0.2, 0.25) is 0 Å². The zero-order chi connectivity index (χ0) is 29.8. The molecule has 0 aromatic heterocycles. The summed E-state index contributed by atoms with van der Waals surface area (Å²) in [7, 11) is -4.08. The minimum absolute atomic E-state index is 0.0523. The van der Waals surface area contributed by atoms with Crippen molar-refractivity contribution in [2.75, 3.05) is 24.6 Å². The van der Waals surface area contributed by atoms with Crippen molar-refractivity contribution in [1.82, 2.24) is 10.2 Å². The summed E-state index contributed by atoms with van der Waals surface area (Å²) in [6.45, 7) is 5.21. The fourth-order valence-electron chi connectivity index (χ4n) is 4.38. The molecule has 3 aromatic carbocycles. The number of aromatic hydroxyl groups is 1. The quantitative estimate of drug-likeness (QED) is 0.152. The third kappa shape index (κ3) is 9.59. The zero-order valence-corrected chi connectivity index (χ0v) is 24.3. The van der Waals surface area contributed by atoms with Crippen LogP contribution in [-0.2, 0) is 15.8 Å². The summed E-state index contributed by atoms with van der Waals surface area (Å²) in [4.78, 5) is 51.7. The summed E-state index contributed by atoms with van der Waals surface area (Å²) in [5.74, 6) is -2.33. The maximum absolute atomic E-state index is 13.6. The van der Waals surface area contributed by atoms with E-state index < -0.39 is 25.0 Å². The van der Waals surface area contributed by atoms with Gasteiger partial charge < -0.3 is 25.5 Å². The average Bonchev–Trinajstić information content (AvgIpc) is 2.97. The second-order valence-corrected chi connectivity index (χ2v) is 12.5. The fraction of sp³-hybridized carbons (Fsp3) is 0.323. The fourth-order valence-corrected chi connectivity index (χ4v) is 6.03. The van der Waals surface area contributed by atoms with Gasteiger partial charge in [0.1, 0.15) is 11.5 Å². The van der Waals surface area contributed by atoms with Gasteiger partial charge in [0.05, 0.1) is 0 Å². The smallest absolute Gasteiger partial charge is 0.253 e. The summed E-state index contributed by atoms with van der Waals surface area (Å²) >= 11 is 0. The van der Waals surface area contributed by atoms with Crippen LogP contribution in [-0.4, -0.2) is 57.7 Å². The maximum Gasteiger partial charge on any atom is 0.253 e. The molecule has 9 nitrogen and oxygen atoms in total. The van der Waals surface area contributed by atoms with Gasteiger partial charge in [0.15, 0.2) is 0 Å². The number of phenolic OH excluding ortho intramolecular Hbond substituents is 1. The molecule has 0 aliphatic rings. The van der Waals surface area contributed by atoms with Gasteiger partial charge >= 0.3 is 0 Å². The summed E-state index contributed by atoms with van der Waals surface area (Å²) in [5.41, 5.74) is 1.77. The van der Waals surface area contributed by atoms with Crippen molar-refractivity contribution in [3.8, 4) is 5.75 Å². The molecule has 4 N–H and O–H groups in total. The number of hydrogen-bond acceptors (Lipinski definition) is 5. The number of rotatable bonds is 14. The highest BCUT2D eigenvalue weighted by Gasteiger charge is 2.33. The van der Waals surface area contributed by atoms with Crippen LogP contribution in [0.1, 0.15) is 59.4 Å². The van der Waals surface area contributed by atoms with Gasteiger partial charge in [-0.1, -0.05) is 50.2 Å². The molecule has 3 amide bonds. The van der Waals surface area contributed by atoms with Gasteiger partial charge in [-0.25, -0.2) is 0 Å². The Balaban J connectivity index is 1.76. The van der Waals surface area contributed by atoms with E-state index in [2.05, 4.69) is 10.6 Å². The van der Waals surface area contributed by atoms with Crippen LogP contribution < -0.4 is 10.6 Å². The number of nitrogens with zero attached hydrogens (tertiary/aromatic N) is 1. The first kappa shape index (κ1) is 31.6. The highest BCUT2D eigenvalue weighted by Crippen LogP contribution is 2.47. The van der Waals surface area contributed by atoms with Crippen molar-refractivity contribution in [2.45, 2.75) is 45.3 Å².